The molecule has 6 nitrogen and oxygen atoms in total. The highest BCUT2D eigenvalue weighted by atomic mass is 35.5. The molecule has 0 saturated carbocycles. The Bertz CT molecular complexity index is 1170. The SMILES string of the molecule is CC(C)(N)c1cc(-c2ccc(F)c(Cl)c2)nc(C(O)(CNC(=O)c2cncs2)C(F)(F)F)c1. The number of amides is 1. The number of hydrogen-bond donors (Lipinski definition) is 3. The zero-order chi connectivity index (χ0) is 24.6. The number of nitrogens with two attached hydrogens (primary N) is 1. The van der Waals surface area contributed by atoms with Crippen LogP contribution in [0.2, 0.25) is 5.02 Å². The van der Waals surface area contributed by atoms with Crippen LogP contribution < -0.4 is 11.1 Å². The van der Waals surface area contributed by atoms with E-state index in [2.05, 4.69) is 15.3 Å². The molecular weight excluding hydrogens is 484 g/mol. The first-order valence-corrected chi connectivity index (χ1v) is 10.7. The Labute approximate surface area is 195 Å². The summed E-state index contributed by atoms with van der Waals surface area (Å²) in [5.41, 5.74) is 2.43. The molecule has 0 aliphatic carbocycles. The molecule has 0 radical (unpaired) electrons. The number of carbonyl (C=O) groups is 1. The smallest absolute Gasteiger partial charge is 0.374 e. The van der Waals surface area contributed by atoms with E-state index in [1.165, 1.54) is 29.9 Å². The first-order valence-electron chi connectivity index (χ1n) is 9.45. The summed E-state index contributed by atoms with van der Waals surface area (Å²) >= 11 is 6.75. The highest BCUT2D eigenvalue weighted by Crippen LogP contribution is 2.40. The zero-order valence-electron chi connectivity index (χ0n) is 17.4. The number of thiazole rings is 1. The van der Waals surface area contributed by atoms with Crippen molar-refractivity contribution in [1.82, 2.24) is 15.3 Å². The van der Waals surface area contributed by atoms with E-state index in [-0.39, 0.29) is 26.7 Å². The first-order chi connectivity index (χ1) is 15.2. The monoisotopic (exact) mass is 502 g/mol. The van der Waals surface area contributed by atoms with Crippen molar-refractivity contribution in [2.45, 2.75) is 31.2 Å². The second-order valence-corrected chi connectivity index (χ2v) is 9.18. The summed E-state index contributed by atoms with van der Waals surface area (Å²) in [6, 6.07) is 6.00. The second-order valence-electron chi connectivity index (χ2n) is 7.88. The fraction of sp³-hybridized carbons (Fsp3) is 0.286. The Kier molecular flexibility index (Phi) is 6.81. The van der Waals surface area contributed by atoms with Gasteiger partial charge in [-0.1, -0.05) is 11.6 Å². The maximum absolute atomic E-state index is 14.1. The van der Waals surface area contributed by atoms with Crippen molar-refractivity contribution in [3.8, 4) is 11.3 Å². The van der Waals surface area contributed by atoms with E-state index in [4.69, 9.17) is 17.3 Å². The average molecular weight is 503 g/mol. The maximum Gasteiger partial charge on any atom is 0.424 e. The Hall–Kier alpha value is -2.60. The lowest BCUT2D eigenvalue weighted by Crippen LogP contribution is -2.51. The normalized spacial score (nSPS) is 14.1. The molecular formula is C21H19ClF4N4O2S. The van der Waals surface area contributed by atoms with Gasteiger partial charge in [-0.15, -0.1) is 11.3 Å². The Morgan fingerprint density at radius 2 is 1.94 bits per heavy atom. The molecule has 1 atom stereocenters. The molecule has 0 saturated heterocycles. The standard InChI is InChI=1S/C21H19ClF4N4O2S/c1-19(2,27)12-6-15(11-3-4-14(23)13(22)5-11)30-17(7-12)20(32,21(24,25)26)9-29-18(31)16-8-28-10-33-16/h3-8,10,32H,9,27H2,1-2H3,(H,29,31). The van der Waals surface area contributed by atoms with Crippen LogP contribution in [-0.2, 0) is 11.1 Å². The third-order valence-electron chi connectivity index (χ3n) is 4.84. The van der Waals surface area contributed by atoms with E-state index in [9.17, 15) is 27.5 Å². The van der Waals surface area contributed by atoms with Crippen molar-refractivity contribution in [2.75, 3.05) is 6.54 Å². The maximum atomic E-state index is 14.1. The molecule has 2 heterocycles. The van der Waals surface area contributed by atoms with Crippen LogP contribution >= 0.6 is 22.9 Å². The third-order valence-corrected chi connectivity index (χ3v) is 5.90. The lowest BCUT2D eigenvalue weighted by Gasteiger charge is -2.32. The quantitative estimate of drug-likeness (QED) is 0.434. The van der Waals surface area contributed by atoms with Crippen molar-refractivity contribution in [1.29, 1.82) is 0 Å². The van der Waals surface area contributed by atoms with E-state index in [1.807, 2.05) is 0 Å². The fourth-order valence-corrected chi connectivity index (χ4v) is 3.59. The van der Waals surface area contributed by atoms with Crippen LogP contribution in [0.5, 0.6) is 0 Å². The predicted octanol–water partition coefficient (Wildman–Crippen LogP) is 4.37. The number of carbonyl (C=O) groups excluding carboxylic acids is 1. The number of aromatic nitrogens is 2. The number of benzene rings is 1. The summed E-state index contributed by atoms with van der Waals surface area (Å²) in [6.45, 7) is 1.91. The van der Waals surface area contributed by atoms with Gasteiger partial charge in [0.05, 0.1) is 34.7 Å². The van der Waals surface area contributed by atoms with Crippen molar-refractivity contribution in [3.63, 3.8) is 0 Å². The summed E-state index contributed by atoms with van der Waals surface area (Å²) < 4.78 is 55.9. The summed E-state index contributed by atoms with van der Waals surface area (Å²) in [5, 5.41) is 12.6. The minimum atomic E-state index is -5.21. The number of hydrogen-bond acceptors (Lipinski definition) is 6. The minimum absolute atomic E-state index is 0.0145. The lowest BCUT2D eigenvalue weighted by molar-refractivity contribution is -0.265. The molecule has 12 heteroatoms. The molecule has 33 heavy (non-hydrogen) atoms. The molecule has 0 fully saturated rings. The van der Waals surface area contributed by atoms with Gasteiger partial charge >= 0.3 is 6.18 Å². The van der Waals surface area contributed by atoms with Gasteiger partial charge in [0.25, 0.3) is 5.91 Å². The van der Waals surface area contributed by atoms with Crippen molar-refractivity contribution in [2.24, 2.45) is 5.73 Å². The average Bonchev–Trinajstić information content (AvgIpc) is 3.27. The van der Waals surface area contributed by atoms with Crippen LogP contribution in [0.4, 0.5) is 17.6 Å². The number of pyridine rings is 1. The first kappa shape index (κ1) is 25.0. The number of halogens is 5. The van der Waals surface area contributed by atoms with Gasteiger partial charge in [-0.25, -0.2) is 9.37 Å². The number of aliphatic hydroxyl groups is 1. The topological polar surface area (TPSA) is 101 Å². The van der Waals surface area contributed by atoms with Gasteiger partial charge in [0, 0.05) is 11.1 Å². The van der Waals surface area contributed by atoms with Gasteiger partial charge in [0.2, 0.25) is 5.60 Å². The molecule has 1 amide bonds. The summed E-state index contributed by atoms with van der Waals surface area (Å²) in [6.07, 6.45) is -4.02. The largest absolute Gasteiger partial charge is 0.424 e. The molecule has 3 rings (SSSR count). The predicted molar refractivity (Wildman–Crippen MR) is 116 cm³/mol. The fourth-order valence-electron chi connectivity index (χ4n) is 2.88. The summed E-state index contributed by atoms with van der Waals surface area (Å²) in [7, 11) is 0. The second kappa shape index (κ2) is 8.98. The number of alkyl halides is 3. The van der Waals surface area contributed by atoms with Crippen LogP contribution in [0.3, 0.4) is 0 Å². The van der Waals surface area contributed by atoms with Gasteiger partial charge in [-0.2, -0.15) is 13.2 Å². The Morgan fingerprint density at radius 1 is 1.24 bits per heavy atom. The van der Waals surface area contributed by atoms with Gasteiger partial charge in [0.15, 0.2) is 0 Å². The molecule has 176 valence electrons. The third kappa shape index (κ3) is 5.32. The zero-order valence-corrected chi connectivity index (χ0v) is 18.9. The van der Waals surface area contributed by atoms with Crippen molar-refractivity contribution < 1.29 is 27.5 Å². The molecule has 0 spiro atoms. The van der Waals surface area contributed by atoms with Crippen LogP contribution in [0.1, 0.15) is 34.8 Å². The minimum Gasteiger partial charge on any atom is -0.374 e. The number of nitrogens with one attached hydrogen (secondary N) is 1. The molecule has 3 aromatic rings. The highest BCUT2D eigenvalue weighted by molar-refractivity contribution is 7.11. The summed E-state index contributed by atoms with van der Waals surface area (Å²) in [4.78, 5) is 20.0. The molecule has 0 bridgehead atoms. The van der Waals surface area contributed by atoms with E-state index in [0.717, 1.165) is 23.5 Å². The van der Waals surface area contributed by atoms with Crippen molar-refractivity contribution >= 4 is 28.8 Å². The Morgan fingerprint density at radius 3 is 2.48 bits per heavy atom. The van der Waals surface area contributed by atoms with E-state index in [1.54, 1.807) is 13.8 Å². The highest BCUT2D eigenvalue weighted by Gasteiger charge is 2.56. The van der Waals surface area contributed by atoms with Gasteiger partial charge in [-0.05, 0) is 49.7 Å². The number of nitrogens with zero attached hydrogens (tertiary/aromatic N) is 2. The van der Waals surface area contributed by atoms with Crippen LogP contribution in [0.25, 0.3) is 11.3 Å². The van der Waals surface area contributed by atoms with Gasteiger partial charge in [0.1, 0.15) is 10.7 Å². The molecule has 1 aromatic carbocycles. The molecule has 4 N–H and O–H groups in total. The molecule has 2 aromatic heterocycles. The Balaban J connectivity index is 2.12. The van der Waals surface area contributed by atoms with Crippen LogP contribution in [0, 0.1) is 5.82 Å². The van der Waals surface area contributed by atoms with Gasteiger partial charge in [-0.3, -0.25) is 9.78 Å². The molecule has 1 unspecified atom stereocenters. The van der Waals surface area contributed by atoms with E-state index < -0.39 is 41.3 Å². The van der Waals surface area contributed by atoms with Crippen LogP contribution in [0.15, 0.2) is 42.0 Å². The molecule has 0 aliphatic heterocycles. The van der Waals surface area contributed by atoms with Gasteiger partial charge < -0.3 is 16.2 Å². The van der Waals surface area contributed by atoms with Crippen molar-refractivity contribution in [3.05, 3.63) is 69.0 Å². The lowest BCUT2D eigenvalue weighted by atomic mass is 9.89. The molecule has 0 aliphatic rings. The summed E-state index contributed by atoms with van der Waals surface area (Å²) in [5.74, 6) is -1.55. The van der Waals surface area contributed by atoms with E-state index in [0.29, 0.717) is 0 Å². The van der Waals surface area contributed by atoms with E-state index >= 15 is 0 Å². The number of rotatable bonds is 6. The van der Waals surface area contributed by atoms with Crippen LogP contribution in [-0.4, -0.2) is 33.7 Å².